The van der Waals surface area contributed by atoms with Crippen LogP contribution in [0.25, 0.3) is 0 Å². The van der Waals surface area contributed by atoms with Crippen molar-refractivity contribution in [2.24, 2.45) is 0 Å². The van der Waals surface area contributed by atoms with Crippen molar-refractivity contribution in [3.63, 3.8) is 0 Å². The zero-order chi connectivity index (χ0) is 16.9. The van der Waals surface area contributed by atoms with Crippen molar-refractivity contribution in [1.29, 1.82) is 0 Å². The molecule has 0 saturated carbocycles. The number of aliphatic hydroxyl groups excluding tert-OH is 1. The molecular formula is C20H23NO3. The molecule has 24 heavy (non-hydrogen) atoms. The van der Waals surface area contributed by atoms with Gasteiger partial charge >= 0.3 is 0 Å². The van der Waals surface area contributed by atoms with Crippen molar-refractivity contribution in [3.8, 4) is 5.75 Å². The summed E-state index contributed by atoms with van der Waals surface area (Å²) in [6, 6.07) is 16.9. The zero-order valence-electron chi connectivity index (χ0n) is 13.9. The highest BCUT2D eigenvalue weighted by Gasteiger charge is 2.31. The average Bonchev–Trinajstić information content (AvgIpc) is 3.10. The number of nitrogens with zero attached hydrogens (tertiary/aromatic N) is 1. The van der Waals surface area contributed by atoms with Gasteiger partial charge in [0.2, 0.25) is 0 Å². The second kappa shape index (κ2) is 7.49. The third-order valence-corrected chi connectivity index (χ3v) is 4.63. The van der Waals surface area contributed by atoms with Gasteiger partial charge in [-0.2, -0.15) is 0 Å². The molecule has 1 amide bonds. The van der Waals surface area contributed by atoms with Crippen molar-refractivity contribution in [3.05, 3.63) is 65.7 Å². The van der Waals surface area contributed by atoms with Crippen LogP contribution >= 0.6 is 0 Å². The molecule has 3 rings (SSSR count). The van der Waals surface area contributed by atoms with Gasteiger partial charge in [-0.25, -0.2) is 0 Å². The van der Waals surface area contributed by atoms with Crippen LogP contribution in [0.5, 0.6) is 5.75 Å². The maximum absolute atomic E-state index is 12.8. The molecule has 1 heterocycles. The van der Waals surface area contributed by atoms with E-state index in [2.05, 4.69) is 0 Å². The van der Waals surface area contributed by atoms with Gasteiger partial charge in [0.1, 0.15) is 5.75 Å². The average molecular weight is 325 g/mol. The predicted molar refractivity (Wildman–Crippen MR) is 93.1 cm³/mol. The zero-order valence-corrected chi connectivity index (χ0v) is 13.9. The van der Waals surface area contributed by atoms with Crippen LogP contribution in [0, 0.1) is 0 Å². The Morgan fingerprint density at radius 3 is 2.79 bits per heavy atom. The molecule has 126 valence electrons. The van der Waals surface area contributed by atoms with Crippen LogP contribution in [0.3, 0.4) is 0 Å². The monoisotopic (exact) mass is 325 g/mol. The Morgan fingerprint density at radius 1 is 1.25 bits per heavy atom. The summed E-state index contributed by atoms with van der Waals surface area (Å²) in [4.78, 5) is 14.7. The van der Waals surface area contributed by atoms with Crippen LogP contribution in [0.4, 0.5) is 0 Å². The quantitative estimate of drug-likeness (QED) is 0.916. The fraction of sp³-hybridized carbons (Fsp3) is 0.350. The van der Waals surface area contributed by atoms with Crippen LogP contribution in [-0.2, 0) is 0 Å². The van der Waals surface area contributed by atoms with Crippen molar-refractivity contribution in [2.45, 2.75) is 31.4 Å². The maximum atomic E-state index is 12.8. The van der Waals surface area contributed by atoms with Crippen molar-refractivity contribution < 1.29 is 14.6 Å². The lowest BCUT2D eigenvalue weighted by atomic mass is 10.00. The molecule has 1 aliphatic rings. The molecule has 2 aromatic rings. The van der Waals surface area contributed by atoms with Crippen LogP contribution in [0.2, 0.25) is 0 Å². The summed E-state index contributed by atoms with van der Waals surface area (Å²) >= 11 is 0. The summed E-state index contributed by atoms with van der Waals surface area (Å²) in [6.45, 7) is 0.738. The lowest BCUT2D eigenvalue weighted by Crippen LogP contribution is -2.36. The standard InChI is InChI=1S/C20H23NO3/c1-24-18-11-5-9-16(13-18)20(23)21-12-6-10-17(21)14-19(22)15-7-3-2-4-8-15/h2-5,7-9,11,13,17,19,22H,6,10,12,14H2,1H3/t17-,19+/m0/s1. The molecule has 4 heteroatoms. The molecule has 0 bridgehead atoms. The molecular weight excluding hydrogens is 302 g/mol. The predicted octanol–water partition coefficient (Wildman–Crippen LogP) is 3.42. The SMILES string of the molecule is COc1cccc(C(=O)N2CCC[C@H]2C[C@@H](O)c2ccccc2)c1. The number of hydrogen-bond acceptors (Lipinski definition) is 3. The number of hydrogen-bond donors (Lipinski definition) is 1. The van der Waals surface area contributed by atoms with E-state index in [1.165, 1.54) is 0 Å². The summed E-state index contributed by atoms with van der Waals surface area (Å²) in [7, 11) is 1.60. The molecule has 1 saturated heterocycles. The van der Waals surface area contributed by atoms with Gasteiger partial charge in [0.25, 0.3) is 5.91 Å². The Morgan fingerprint density at radius 2 is 2.04 bits per heavy atom. The minimum absolute atomic E-state index is 0.0108. The van der Waals surface area contributed by atoms with Gasteiger partial charge in [0.15, 0.2) is 0 Å². The fourth-order valence-electron chi connectivity index (χ4n) is 3.34. The first-order valence-corrected chi connectivity index (χ1v) is 8.37. The summed E-state index contributed by atoms with van der Waals surface area (Å²) in [5, 5.41) is 10.5. The van der Waals surface area contributed by atoms with E-state index in [1.807, 2.05) is 53.4 Å². The van der Waals surface area contributed by atoms with Gasteiger partial charge in [-0.15, -0.1) is 0 Å². The number of likely N-dealkylation sites (tertiary alicyclic amines) is 1. The topological polar surface area (TPSA) is 49.8 Å². The highest BCUT2D eigenvalue weighted by Crippen LogP contribution is 2.29. The molecule has 0 unspecified atom stereocenters. The number of rotatable bonds is 5. The number of carbonyl (C=O) groups is 1. The van der Waals surface area contributed by atoms with E-state index in [0.717, 1.165) is 24.9 Å². The number of amides is 1. The fourth-order valence-corrected chi connectivity index (χ4v) is 3.34. The Bertz CT molecular complexity index is 686. The third kappa shape index (κ3) is 3.60. The summed E-state index contributed by atoms with van der Waals surface area (Å²) in [6.07, 6.45) is 1.93. The first-order chi connectivity index (χ1) is 11.7. The smallest absolute Gasteiger partial charge is 0.254 e. The lowest BCUT2D eigenvalue weighted by molar-refractivity contribution is 0.0666. The van der Waals surface area contributed by atoms with Crippen LogP contribution in [0.1, 0.15) is 41.3 Å². The van der Waals surface area contributed by atoms with Gasteiger partial charge in [0.05, 0.1) is 13.2 Å². The number of methoxy groups -OCH3 is 1. The molecule has 1 aliphatic heterocycles. The van der Waals surface area contributed by atoms with Gasteiger partial charge in [-0.3, -0.25) is 4.79 Å². The van der Waals surface area contributed by atoms with E-state index in [-0.39, 0.29) is 11.9 Å². The second-order valence-corrected chi connectivity index (χ2v) is 6.19. The summed E-state index contributed by atoms with van der Waals surface area (Å²) in [5.41, 5.74) is 1.54. The van der Waals surface area contributed by atoms with Crippen molar-refractivity contribution in [1.82, 2.24) is 4.90 Å². The normalized spacial score (nSPS) is 18.4. The highest BCUT2D eigenvalue weighted by atomic mass is 16.5. The summed E-state index contributed by atoms with van der Waals surface area (Å²) in [5.74, 6) is 0.692. The Balaban J connectivity index is 1.71. The molecule has 1 N–H and O–H groups in total. The van der Waals surface area contributed by atoms with E-state index >= 15 is 0 Å². The van der Waals surface area contributed by atoms with Crippen LogP contribution in [0.15, 0.2) is 54.6 Å². The van der Waals surface area contributed by atoms with Crippen LogP contribution in [-0.4, -0.2) is 35.6 Å². The largest absolute Gasteiger partial charge is 0.497 e. The molecule has 2 atom stereocenters. The molecule has 0 aromatic heterocycles. The van der Waals surface area contributed by atoms with Gasteiger partial charge in [0, 0.05) is 18.2 Å². The summed E-state index contributed by atoms with van der Waals surface area (Å²) < 4.78 is 5.21. The number of carbonyl (C=O) groups excluding carboxylic acids is 1. The van der Waals surface area contributed by atoms with E-state index in [9.17, 15) is 9.90 Å². The number of benzene rings is 2. The lowest BCUT2D eigenvalue weighted by Gasteiger charge is -2.27. The van der Waals surface area contributed by atoms with E-state index in [1.54, 1.807) is 13.2 Å². The molecule has 2 aromatic carbocycles. The maximum Gasteiger partial charge on any atom is 0.254 e. The molecule has 0 radical (unpaired) electrons. The minimum atomic E-state index is -0.546. The first kappa shape index (κ1) is 16.5. The molecule has 4 nitrogen and oxygen atoms in total. The van der Waals surface area contributed by atoms with Gasteiger partial charge in [-0.05, 0) is 43.0 Å². The van der Waals surface area contributed by atoms with Gasteiger partial charge < -0.3 is 14.7 Å². The highest BCUT2D eigenvalue weighted by molar-refractivity contribution is 5.95. The molecule has 0 spiro atoms. The van der Waals surface area contributed by atoms with Crippen molar-refractivity contribution in [2.75, 3.05) is 13.7 Å². The van der Waals surface area contributed by atoms with E-state index in [0.29, 0.717) is 17.7 Å². The minimum Gasteiger partial charge on any atom is -0.497 e. The van der Waals surface area contributed by atoms with Gasteiger partial charge in [-0.1, -0.05) is 36.4 Å². The third-order valence-electron chi connectivity index (χ3n) is 4.63. The van der Waals surface area contributed by atoms with Crippen LogP contribution < -0.4 is 4.74 Å². The van der Waals surface area contributed by atoms with E-state index in [4.69, 9.17) is 4.74 Å². The van der Waals surface area contributed by atoms with Crippen molar-refractivity contribution >= 4 is 5.91 Å². The molecule has 0 aliphatic carbocycles. The first-order valence-electron chi connectivity index (χ1n) is 8.37. The Hall–Kier alpha value is -2.33. The Labute approximate surface area is 142 Å². The number of aliphatic hydroxyl groups is 1. The molecule has 1 fully saturated rings. The second-order valence-electron chi connectivity index (χ2n) is 6.19. The number of ether oxygens (including phenoxy) is 1. The Kier molecular flexibility index (Phi) is 5.16. The van der Waals surface area contributed by atoms with E-state index < -0.39 is 6.10 Å².